The van der Waals surface area contributed by atoms with Crippen molar-refractivity contribution in [1.82, 2.24) is 15.2 Å². The van der Waals surface area contributed by atoms with Gasteiger partial charge in [0, 0.05) is 37.6 Å². The Morgan fingerprint density at radius 1 is 1.30 bits per heavy atom. The van der Waals surface area contributed by atoms with Crippen LogP contribution in [0.25, 0.3) is 0 Å². The lowest BCUT2D eigenvalue weighted by molar-refractivity contribution is 0.0674. The predicted octanol–water partition coefficient (Wildman–Crippen LogP) is 3.68. The van der Waals surface area contributed by atoms with Gasteiger partial charge in [-0.2, -0.15) is 0 Å². The van der Waals surface area contributed by atoms with Crippen molar-refractivity contribution >= 4 is 17.6 Å². The lowest BCUT2D eigenvalue weighted by atomic mass is 9.97. The SMILES string of the molecule is CC(C)Oc1ccc(C(=O)N2CCCC(CNC(=O)Nc3cccc(F)c3)C2)cn1. The number of amides is 3. The van der Waals surface area contributed by atoms with E-state index in [1.165, 1.54) is 24.4 Å². The van der Waals surface area contributed by atoms with Gasteiger partial charge in [0.1, 0.15) is 5.82 Å². The fraction of sp³-hybridized carbons (Fsp3) is 0.409. The van der Waals surface area contributed by atoms with E-state index >= 15 is 0 Å². The lowest BCUT2D eigenvalue weighted by Gasteiger charge is -2.33. The number of piperidine rings is 1. The van der Waals surface area contributed by atoms with E-state index in [9.17, 15) is 14.0 Å². The average molecular weight is 414 g/mol. The van der Waals surface area contributed by atoms with Gasteiger partial charge in [-0.05, 0) is 56.9 Å². The molecule has 0 saturated carbocycles. The van der Waals surface area contributed by atoms with E-state index in [0.29, 0.717) is 36.8 Å². The molecule has 0 bridgehead atoms. The molecule has 2 aromatic rings. The molecule has 1 aliphatic heterocycles. The van der Waals surface area contributed by atoms with Crippen LogP contribution < -0.4 is 15.4 Å². The van der Waals surface area contributed by atoms with Gasteiger partial charge in [-0.25, -0.2) is 14.2 Å². The topological polar surface area (TPSA) is 83.6 Å². The third-order valence-corrected chi connectivity index (χ3v) is 4.78. The van der Waals surface area contributed by atoms with Gasteiger partial charge in [-0.1, -0.05) is 6.07 Å². The minimum Gasteiger partial charge on any atom is -0.475 e. The Hall–Kier alpha value is -3.16. The maximum atomic E-state index is 13.2. The molecular formula is C22H27FN4O3. The molecule has 1 unspecified atom stereocenters. The maximum Gasteiger partial charge on any atom is 0.319 e. The number of hydrogen-bond donors (Lipinski definition) is 2. The molecule has 1 aromatic heterocycles. The summed E-state index contributed by atoms with van der Waals surface area (Å²) in [6.45, 7) is 5.50. The molecule has 2 N–H and O–H groups in total. The van der Waals surface area contributed by atoms with Gasteiger partial charge >= 0.3 is 6.03 Å². The summed E-state index contributed by atoms with van der Waals surface area (Å²) < 4.78 is 18.7. The van der Waals surface area contributed by atoms with Crippen LogP contribution in [-0.4, -0.2) is 47.6 Å². The fourth-order valence-electron chi connectivity index (χ4n) is 3.40. The number of pyridine rings is 1. The van der Waals surface area contributed by atoms with Crippen LogP contribution in [0.15, 0.2) is 42.6 Å². The molecule has 2 heterocycles. The number of nitrogens with one attached hydrogen (secondary N) is 2. The van der Waals surface area contributed by atoms with Crippen LogP contribution in [0.4, 0.5) is 14.9 Å². The second-order valence-electron chi connectivity index (χ2n) is 7.66. The summed E-state index contributed by atoms with van der Waals surface area (Å²) in [6.07, 6.45) is 3.34. The molecule has 3 amide bonds. The second kappa shape index (κ2) is 10.0. The molecule has 0 aliphatic carbocycles. The first-order valence-corrected chi connectivity index (χ1v) is 10.1. The van der Waals surface area contributed by atoms with E-state index in [1.807, 2.05) is 13.8 Å². The lowest BCUT2D eigenvalue weighted by Crippen LogP contribution is -2.44. The quantitative estimate of drug-likeness (QED) is 0.755. The van der Waals surface area contributed by atoms with Crippen molar-refractivity contribution in [2.24, 2.45) is 5.92 Å². The van der Waals surface area contributed by atoms with Crippen molar-refractivity contribution in [3.8, 4) is 5.88 Å². The van der Waals surface area contributed by atoms with Crippen LogP contribution in [0.1, 0.15) is 37.0 Å². The van der Waals surface area contributed by atoms with Gasteiger partial charge in [-0.15, -0.1) is 0 Å². The molecule has 1 fully saturated rings. The van der Waals surface area contributed by atoms with Gasteiger partial charge in [0.2, 0.25) is 5.88 Å². The first-order chi connectivity index (χ1) is 14.4. The number of hydrogen-bond acceptors (Lipinski definition) is 4. The summed E-state index contributed by atoms with van der Waals surface area (Å²) in [4.78, 5) is 30.9. The highest BCUT2D eigenvalue weighted by Crippen LogP contribution is 2.19. The van der Waals surface area contributed by atoms with Crippen molar-refractivity contribution in [1.29, 1.82) is 0 Å². The van der Waals surface area contributed by atoms with Crippen LogP contribution in [0, 0.1) is 11.7 Å². The Morgan fingerprint density at radius 3 is 2.83 bits per heavy atom. The number of ether oxygens (including phenoxy) is 1. The maximum absolute atomic E-state index is 13.2. The number of aromatic nitrogens is 1. The van der Waals surface area contributed by atoms with E-state index in [-0.39, 0.29) is 17.9 Å². The predicted molar refractivity (Wildman–Crippen MR) is 112 cm³/mol. The van der Waals surface area contributed by atoms with Crippen molar-refractivity contribution < 1.29 is 18.7 Å². The van der Waals surface area contributed by atoms with Gasteiger partial charge in [0.25, 0.3) is 5.91 Å². The largest absolute Gasteiger partial charge is 0.475 e. The summed E-state index contributed by atoms with van der Waals surface area (Å²) in [5.74, 6) is 0.157. The molecule has 30 heavy (non-hydrogen) atoms. The number of rotatable bonds is 6. The number of carbonyl (C=O) groups is 2. The molecule has 1 saturated heterocycles. The molecule has 1 atom stereocenters. The molecule has 1 aromatic carbocycles. The fourth-order valence-corrected chi connectivity index (χ4v) is 3.40. The third kappa shape index (κ3) is 6.17. The Bertz CT molecular complexity index is 873. The summed E-state index contributed by atoms with van der Waals surface area (Å²) in [5.41, 5.74) is 0.911. The number of benzene rings is 1. The Morgan fingerprint density at radius 2 is 2.13 bits per heavy atom. The third-order valence-electron chi connectivity index (χ3n) is 4.78. The van der Waals surface area contributed by atoms with Gasteiger partial charge in [-0.3, -0.25) is 4.79 Å². The van der Waals surface area contributed by atoms with Gasteiger partial charge in [0.05, 0.1) is 11.7 Å². The van der Waals surface area contributed by atoms with Crippen LogP contribution in [-0.2, 0) is 0 Å². The normalized spacial score (nSPS) is 16.3. The molecule has 7 nitrogen and oxygen atoms in total. The molecule has 0 spiro atoms. The smallest absolute Gasteiger partial charge is 0.319 e. The second-order valence-corrected chi connectivity index (χ2v) is 7.66. The first kappa shape index (κ1) is 21.5. The van der Waals surface area contributed by atoms with Gasteiger partial charge in [0.15, 0.2) is 0 Å². The van der Waals surface area contributed by atoms with Crippen molar-refractivity contribution in [3.05, 3.63) is 54.0 Å². The zero-order valence-electron chi connectivity index (χ0n) is 17.2. The van der Waals surface area contributed by atoms with Crippen LogP contribution >= 0.6 is 0 Å². The zero-order chi connectivity index (χ0) is 21.5. The number of carbonyl (C=O) groups excluding carboxylic acids is 2. The highest BCUT2D eigenvalue weighted by molar-refractivity contribution is 5.94. The van der Waals surface area contributed by atoms with Crippen molar-refractivity contribution in [2.45, 2.75) is 32.8 Å². The number of halogens is 1. The number of anilines is 1. The molecular weight excluding hydrogens is 387 g/mol. The average Bonchev–Trinajstić information content (AvgIpc) is 2.72. The van der Waals surface area contributed by atoms with E-state index in [0.717, 1.165) is 12.8 Å². The zero-order valence-corrected chi connectivity index (χ0v) is 17.2. The number of urea groups is 1. The van der Waals surface area contributed by atoms with Crippen molar-refractivity contribution in [2.75, 3.05) is 25.0 Å². The Balaban J connectivity index is 1.49. The molecule has 1 aliphatic rings. The van der Waals surface area contributed by atoms with Crippen LogP contribution in [0.3, 0.4) is 0 Å². The minimum absolute atomic E-state index is 0.0209. The summed E-state index contributed by atoms with van der Waals surface area (Å²) in [5, 5.41) is 5.42. The molecule has 8 heteroatoms. The van der Waals surface area contributed by atoms with E-state index in [2.05, 4.69) is 15.6 Å². The number of nitrogens with zero attached hydrogens (tertiary/aromatic N) is 2. The highest BCUT2D eigenvalue weighted by Gasteiger charge is 2.25. The van der Waals surface area contributed by atoms with Crippen molar-refractivity contribution in [3.63, 3.8) is 0 Å². The van der Waals surface area contributed by atoms with Crippen LogP contribution in [0.2, 0.25) is 0 Å². The highest BCUT2D eigenvalue weighted by atomic mass is 19.1. The van der Waals surface area contributed by atoms with Gasteiger partial charge < -0.3 is 20.3 Å². The summed E-state index contributed by atoms with van der Waals surface area (Å²) in [7, 11) is 0. The van der Waals surface area contributed by atoms with E-state index in [1.54, 1.807) is 23.1 Å². The summed E-state index contributed by atoms with van der Waals surface area (Å²) in [6, 6.07) is 8.76. The minimum atomic E-state index is -0.410. The Kier molecular flexibility index (Phi) is 7.21. The number of likely N-dealkylation sites (tertiary alicyclic amines) is 1. The molecule has 0 radical (unpaired) electrons. The summed E-state index contributed by atoms with van der Waals surface area (Å²) >= 11 is 0. The monoisotopic (exact) mass is 414 g/mol. The van der Waals surface area contributed by atoms with E-state index in [4.69, 9.17) is 4.74 Å². The molecule has 3 rings (SSSR count). The van der Waals surface area contributed by atoms with Crippen LogP contribution in [0.5, 0.6) is 5.88 Å². The molecule has 160 valence electrons. The Labute approximate surface area is 175 Å². The standard InChI is InChI=1S/C22H27FN4O3/c1-15(2)30-20-9-8-17(13-24-20)21(28)27-10-4-5-16(14-27)12-25-22(29)26-19-7-3-6-18(23)11-19/h3,6-9,11,13,15-16H,4-5,10,12,14H2,1-2H3,(H2,25,26,29). The van der Waals surface area contributed by atoms with E-state index < -0.39 is 11.8 Å². The first-order valence-electron chi connectivity index (χ1n) is 10.1.